The molecule has 1 aromatic carbocycles. The van der Waals surface area contributed by atoms with Crippen molar-refractivity contribution in [2.24, 2.45) is 0 Å². The van der Waals surface area contributed by atoms with Crippen molar-refractivity contribution in [1.29, 1.82) is 0 Å². The summed E-state index contributed by atoms with van der Waals surface area (Å²) in [6, 6.07) is 11.8. The molecule has 1 aromatic heterocycles. The van der Waals surface area contributed by atoms with Crippen LogP contribution in [0, 0.1) is 0 Å². The Labute approximate surface area is 139 Å². The molecular formula is C18H22BrNS. The van der Waals surface area contributed by atoms with E-state index in [1.165, 1.54) is 36.1 Å². The number of hydrogen-bond donors (Lipinski definition) is 1. The average Bonchev–Trinajstić information content (AvgIpc) is 2.92. The lowest BCUT2D eigenvalue weighted by molar-refractivity contribution is 0.500. The molecule has 3 rings (SSSR count). The fraction of sp³-hybridized carbons (Fsp3) is 0.444. The molecule has 2 atom stereocenters. The summed E-state index contributed by atoms with van der Waals surface area (Å²) >= 11 is 5.51. The predicted molar refractivity (Wildman–Crippen MR) is 95.1 cm³/mol. The molecule has 0 bridgehead atoms. The number of nitrogens with one attached hydrogen (secondary N) is 1. The Morgan fingerprint density at radius 2 is 1.76 bits per heavy atom. The molecule has 0 saturated heterocycles. The van der Waals surface area contributed by atoms with E-state index >= 15 is 0 Å². The van der Waals surface area contributed by atoms with Crippen molar-refractivity contribution in [3.63, 3.8) is 0 Å². The molecule has 0 radical (unpaired) electrons. The molecule has 2 aromatic rings. The number of thiophene rings is 1. The van der Waals surface area contributed by atoms with Gasteiger partial charge < -0.3 is 5.32 Å². The zero-order valence-corrected chi connectivity index (χ0v) is 15.1. The van der Waals surface area contributed by atoms with Gasteiger partial charge in [-0.05, 0) is 68.9 Å². The molecule has 21 heavy (non-hydrogen) atoms. The Kier molecular flexibility index (Phi) is 4.82. The van der Waals surface area contributed by atoms with E-state index in [2.05, 4.69) is 65.4 Å². The molecule has 2 unspecified atom stereocenters. The molecule has 1 aliphatic rings. The molecule has 1 nitrogen and oxygen atoms in total. The second kappa shape index (κ2) is 6.64. The van der Waals surface area contributed by atoms with Gasteiger partial charge in [0.05, 0.1) is 0 Å². The summed E-state index contributed by atoms with van der Waals surface area (Å²) in [6.07, 6.45) is 5.29. The fourth-order valence-corrected chi connectivity index (χ4v) is 4.57. The van der Waals surface area contributed by atoms with E-state index in [9.17, 15) is 0 Å². The van der Waals surface area contributed by atoms with Crippen molar-refractivity contribution < 1.29 is 0 Å². The van der Waals surface area contributed by atoms with Crippen LogP contribution < -0.4 is 5.32 Å². The highest BCUT2D eigenvalue weighted by Gasteiger charge is 2.18. The zero-order chi connectivity index (χ0) is 14.8. The van der Waals surface area contributed by atoms with Crippen molar-refractivity contribution >= 4 is 27.3 Å². The van der Waals surface area contributed by atoms with Crippen molar-refractivity contribution in [2.45, 2.75) is 51.6 Å². The van der Waals surface area contributed by atoms with Gasteiger partial charge in [-0.2, -0.15) is 0 Å². The van der Waals surface area contributed by atoms with Crippen LogP contribution in [0.3, 0.4) is 0 Å². The van der Waals surface area contributed by atoms with Gasteiger partial charge in [-0.25, -0.2) is 0 Å². The Morgan fingerprint density at radius 3 is 2.48 bits per heavy atom. The quantitative estimate of drug-likeness (QED) is 0.723. The Balaban J connectivity index is 1.69. The first-order valence-electron chi connectivity index (χ1n) is 7.76. The molecule has 1 N–H and O–H groups in total. The van der Waals surface area contributed by atoms with Gasteiger partial charge in [-0.15, -0.1) is 11.3 Å². The van der Waals surface area contributed by atoms with Crippen LogP contribution in [0.5, 0.6) is 0 Å². The summed E-state index contributed by atoms with van der Waals surface area (Å²) in [6.45, 7) is 4.53. The van der Waals surface area contributed by atoms with Crippen molar-refractivity contribution in [3.8, 4) is 0 Å². The monoisotopic (exact) mass is 363 g/mol. The van der Waals surface area contributed by atoms with Gasteiger partial charge in [0.25, 0.3) is 0 Å². The standard InChI is InChI=1S/C18H22BrNS/c1-12(14-7-9-16(19)10-8-14)20-13(2)18-11-15-5-3-4-6-17(15)21-18/h7-13,20H,3-6H2,1-2H3. The van der Waals surface area contributed by atoms with E-state index in [0.717, 1.165) is 4.47 Å². The second-order valence-corrected chi connectivity index (χ2v) is 8.05. The largest absolute Gasteiger partial charge is 0.303 e. The van der Waals surface area contributed by atoms with Crippen LogP contribution in [0.1, 0.15) is 59.7 Å². The summed E-state index contributed by atoms with van der Waals surface area (Å²) < 4.78 is 1.14. The minimum Gasteiger partial charge on any atom is -0.303 e. The Bertz CT molecular complexity index is 579. The molecule has 1 heterocycles. The van der Waals surface area contributed by atoms with Crippen molar-refractivity contribution in [3.05, 3.63) is 55.7 Å². The fourth-order valence-electron chi connectivity index (χ4n) is 3.03. The zero-order valence-electron chi connectivity index (χ0n) is 12.7. The van der Waals surface area contributed by atoms with Gasteiger partial charge in [0.2, 0.25) is 0 Å². The summed E-state index contributed by atoms with van der Waals surface area (Å²) in [5.41, 5.74) is 2.94. The molecular weight excluding hydrogens is 342 g/mol. The van der Waals surface area contributed by atoms with E-state index < -0.39 is 0 Å². The first kappa shape index (κ1) is 15.3. The number of halogens is 1. The lowest BCUT2D eigenvalue weighted by Gasteiger charge is -2.19. The topological polar surface area (TPSA) is 12.0 Å². The first-order chi connectivity index (χ1) is 10.1. The van der Waals surface area contributed by atoms with Crippen molar-refractivity contribution in [2.75, 3.05) is 0 Å². The third-order valence-electron chi connectivity index (χ3n) is 4.31. The third kappa shape index (κ3) is 3.58. The number of hydrogen-bond acceptors (Lipinski definition) is 2. The maximum atomic E-state index is 3.74. The van der Waals surface area contributed by atoms with E-state index in [1.807, 2.05) is 11.3 Å². The SMILES string of the molecule is CC(NC(C)c1cc2c(s1)CCCC2)c1ccc(Br)cc1. The van der Waals surface area contributed by atoms with Crippen LogP contribution in [0.2, 0.25) is 0 Å². The van der Waals surface area contributed by atoms with E-state index in [0.29, 0.717) is 12.1 Å². The lowest BCUT2D eigenvalue weighted by Crippen LogP contribution is -2.21. The first-order valence-corrected chi connectivity index (χ1v) is 9.37. The van der Waals surface area contributed by atoms with Crippen LogP contribution in [0.15, 0.2) is 34.8 Å². The normalized spacial score (nSPS) is 17.3. The highest BCUT2D eigenvalue weighted by atomic mass is 79.9. The van der Waals surface area contributed by atoms with Crippen LogP contribution in [-0.2, 0) is 12.8 Å². The molecule has 0 spiro atoms. The van der Waals surface area contributed by atoms with Gasteiger partial charge in [-0.3, -0.25) is 0 Å². The number of aryl methyl sites for hydroxylation is 2. The Morgan fingerprint density at radius 1 is 1.05 bits per heavy atom. The Hall–Kier alpha value is -0.640. The van der Waals surface area contributed by atoms with E-state index in [4.69, 9.17) is 0 Å². The molecule has 0 saturated carbocycles. The highest BCUT2D eigenvalue weighted by molar-refractivity contribution is 9.10. The molecule has 3 heteroatoms. The van der Waals surface area contributed by atoms with Gasteiger partial charge >= 0.3 is 0 Å². The van der Waals surface area contributed by atoms with Crippen LogP contribution in [0.4, 0.5) is 0 Å². The van der Waals surface area contributed by atoms with E-state index in [-0.39, 0.29) is 0 Å². The van der Waals surface area contributed by atoms with Crippen LogP contribution in [-0.4, -0.2) is 0 Å². The van der Waals surface area contributed by atoms with Gasteiger partial charge in [-0.1, -0.05) is 28.1 Å². The van der Waals surface area contributed by atoms with Gasteiger partial charge in [0, 0.05) is 26.3 Å². The van der Waals surface area contributed by atoms with Gasteiger partial charge in [0.1, 0.15) is 0 Å². The summed E-state index contributed by atoms with van der Waals surface area (Å²) in [5, 5.41) is 3.74. The van der Waals surface area contributed by atoms with Crippen LogP contribution >= 0.6 is 27.3 Å². The number of benzene rings is 1. The molecule has 0 aliphatic heterocycles. The van der Waals surface area contributed by atoms with Crippen molar-refractivity contribution in [1.82, 2.24) is 5.32 Å². The second-order valence-electron chi connectivity index (χ2n) is 5.97. The number of rotatable bonds is 4. The number of fused-ring (bicyclic) bond motifs is 1. The molecule has 0 fully saturated rings. The smallest absolute Gasteiger partial charge is 0.0391 e. The summed E-state index contributed by atoms with van der Waals surface area (Å²) in [5.74, 6) is 0. The molecule has 112 valence electrons. The van der Waals surface area contributed by atoms with Crippen LogP contribution in [0.25, 0.3) is 0 Å². The maximum absolute atomic E-state index is 3.74. The molecule has 0 amide bonds. The highest BCUT2D eigenvalue weighted by Crippen LogP contribution is 2.33. The average molecular weight is 364 g/mol. The maximum Gasteiger partial charge on any atom is 0.0391 e. The lowest BCUT2D eigenvalue weighted by atomic mass is 9.99. The minimum absolute atomic E-state index is 0.368. The van der Waals surface area contributed by atoms with Gasteiger partial charge in [0.15, 0.2) is 0 Å². The molecule has 1 aliphatic carbocycles. The minimum atomic E-state index is 0.368. The third-order valence-corrected chi connectivity index (χ3v) is 6.26. The summed E-state index contributed by atoms with van der Waals surface area (Å²) in [7, 11) is 0. The van der Waals surface area contributed by atoms with E-state index in [1.54, 1.807) is 10.4 Å². The summed E-state index contributed by atoms with van der Waals surface area (Å²) in [4.78, 5) is 3.12. The predicted octanol–water partition coefficient (Wildman–Crippen LogP) is 5.80.